The minimum Gasteiger partial charge on any atom is -0.395 e. The fourth-order valence-corrected chi connectivity index (χ4v) is 2.87. The number of hydrogen-bond donors (Lipinski definition) is 2. The van der Waals surface area contributed by atoms with Gasteiger partial charge in [-0.15, -0.1) is 0 Å². The Morgan fingerprint density at radius 2 is 2.12 bits per heavy atom. The molecule has 1 heterocycles. The Kier molecular flexibility index (Phi) is 4.85. The third-order valence-corrected chi connectivity index (χ3v) is 4.43. The van der Waals surface area contributed by atoms with Crippen LogP contribution in [0.2, 0.25) is 0 Å². The molecular weight excluding hydrogens is 304 g/mol. The summed E-state index contributed by atoms with van der Waals surface area (Å²) >= 11 is 0. The van der Waals surface area contributed by atoms with Crippen molar-refractivity contribution >= 4 is 6.03 Å². The summed E-state index contributed by atoms with van der Waals surface area (Å²) in [5.41, 5.74) is 2.09. The molecule has 0 bridgehead atoms. The standard InChI is InChI=1S/C18H24N4O2/c1-13(20-18(24)22(11-12-23)17-7-8-17)15-3-5-16(6-4-15)21-10-9-19-14(21)2/h3-6,9-10,13,17,23H,7-8,11-12H2,1-2H3,(H,20,24). The van der Waals surface area contributed by atoms with Gasteiger partial charge in [-0.05, 0) is 44.4 Å². The SMILES string of the molecule is Cc1nccn1-c1ccc(C(C)NC(=O)N(CCO)C2CC2)cc1. The number of imidazole rings is 1. The summed E-state index contributed by atoms with van der Waals surface area (Å²) in [6.07, 6.45) is 5.76. The number of benzene rings is 1. The number of aliphatic hydroxyl groups is 1. The highest BCUT2D eigenvalue weighted by atomic mass is 16.3. The van der Waals surface area contributed by atoms with Crippen LogP contribution in [0.25, 0.3) is 5.69 Å². The first-order chi connectivity index (χ1) is 11.6. The van der Waals surface area contributed by atoms with Gasteiger partial charge in [-0.25, -0.2) is 9.78 Å². The molecule has 1 aromatic heterocycles. The Morgan fingerprint density at radius 3 is 2.67 bits per heavy atom. The van der Waals surface area contributed by atoms with Crippen molar-refractivity contribution in [1.29, 1.82) is 0 Å². The number of aliphatic hydroxyl groups excluding tert-OH is 1. The van der Waals surface area contributed by atoms with E-state index in [0.29, 0.717) is 6.54 Å². The first-order valence-corrected chi connectivity index (χ1v) is 8.38. The summed E-state index contributed by atoms with van der Waals surface area (Å²) < 4.78 is 2.02. The molecule has 1 unspecified atom stereocenters. The van der Waals surface area contributed by atoms with Gasteiger partial charge in [0.1, 0.15) is 5.82 Å². The van der Waals surface area contributed by atoms with Crippen LogP contribution in [-0.4, -0.2) is 44.8 Å². The van der Waals surface area contributed by atoms with Crippen LogP contribution in [0, 0.1) is 6.92 Å². The second kappa shape index (κ2) is 7.05. The predicted molar refractivity (Wildman–Crippen MR) is 92.1 cm³/mol. The van der Waals surface area contributed by atoms with Crippen LogP contribution < -0.4 is 5.32 Å². The van der Waals surface area contributed by atoms with Crippen LogP contribution >= 0.6 is 0 Å². The number of carbonyl (C=O) groups is 1. The Labute approximate surface area is 142 Å². The predicted octanol–water partition coefficient (Wildman–Crippen LogP) is 2.41. The van der Waals surface area contributed by atoms with Crippen molar-refractivity contribution in [2.24, 2.45) is 0 Å². The molecule has 1 fully saturated rings. The summed E-state index contributed by atoms with van der Waals surface area (Å²) in [5, 5.41) is 12.2. The van der Waals surface area contributed by atoms with Crippen LogP contribution in [-0.2, 0) is 0 Å². The molecule has 6 heteroatoms. The Balaban J connectivity index is 1.65. The first-order valence-electron chi connectivity index (χ1n) is 8.38. The second-order valence-corrected chi connectivity index (χ2v) is 6.26. The number of nitrogens with one attached hydrogen (secondary N) is 1. The lowest BCUT2D eigenvalue weighted by Crippen LogP contribution is -2.43. The molecule has 0 aliphatic heterocycles. The van der Waals surface area contributed by atoms with E-state index < -0.39 is 0 Å². The summed E-state index contributed by atoms with van der Waals surface area (Å²) in [6, 6.07) is 8.19. The van der Waals surface area contributed by atoms with E-state index in [4.69, 9.17) is 5.11 Å². The molecule has 1 saturated carbocycles. The van der Waals surface area contributed by atoms with Gasteiger partial charge in [-0.3, -0.25) is 0 Å². The number of hydrogen-bond acceptors (Lipinski definition) is 3. The van der Waals surface area contributed by atoms with Gasteiger partial charge in [0.05, 0.1) is 12.6 Å². The van der Waals surface area contributed by atoms with E-state index in [9.17, 15) is 4.79 Å². The van der Waals surface area contributed by atoms with Crippen LogP contribution in [0.15, 0.2) is 36.7 Å². The zero-order valence-electron chi connectivity index (χ0n) is 14.1. The summed E-state index contributed by atoms with van der Waals surface area (Å²) in [7, 11) is 0. The van der Waals surface area contributed by atoms with Crippen LogP contribution in [0.3, 0.4) is 0 Å². The zero-order chi connectivity index (χ0) is 17.1. The van der Waals surface area contributed by atoms with E-state index in [1.807, 2.05) is 48.9 Å². The second-order valence-electron chi connectivity index (χ2n) is 6.26. The quantitative estimate of drug-likeness (QED) is 0.855. The number of nitrogens with zero attached hydrogens (tertiary/aromatic N) is 3. The fourth-order valence-electron chi connectivity index (χ4n) is 2.87. The minimum atomic E-state index is -0.103. The summed E-state index contributed by atoms with van der Waals surface area (Å²) in [5.74, 6) is 0.938. The maximum absolute atomic E-state index is 12.4. The number of aryl methyl sites for hydroxylation is 1. The van der Waals surface area contributed by atoms with Crippen LogP contribution in [0.4, 0.5) is 4.79 Å². The molecule has 1 aromatic carbocycles. The van der Waals surface area contributed by atoms with Crippen LogP contribution in [0.1, 0.15) is 37.2 Å². The normalized spacial score (nSPS) is 15.1. The number of carbonyl (C=O) groups excluding carboxylic acids is 1. The van der Waals surface area contributed by atoms with Crippen molar-refractivity contribution in [2.45, 2.75) is 38.8 Å². The number of urea groups is 1. The monoisotopic (exact) mass is 328 g/mol. The molecule has 128 valence electrons. The molecule has 2 amide bonds. The Bertz CT molecular complexity index is 691. The van der Waals surface area contributed by atoms with E-state index in [-0.39, 0.29) is 24.7 Å². The third kappa shape index (κ3) is 3.59. The van der Waals surface area contributed by atoms with Gasteiger partial charge in [0.25, 0.3) is 0 Å². The maximum Gasteiger partial charge on any atom is 0.318 e. The topological polar surface area (TPSA) is 70.4 Å². The Hall–Kier alpha value is -2.34. The largest absolute Gasteiger partial charge is 0.395 e. The molecule has 2 aromatic rings. The maximum atomic E-state index is 12.4. The van der Waals surface area contributed by atoms with Crippen molar-refractivity contribution < 1.29 is 9.90 Å². The molecule has 1 atom stereocenters. The van der Waals surface area contributed by atoms with Gasteiger partial charge in [0.15, 0.2) is 0 Å². The molecule has 24 heavy (non-hydrogen) atoms. The minimum absolute atomic E-state index is 0.00272. The van der Waals surface area contributed by atoms with E-state index in [2.05, 4.69) is 10.3 Å². The highest BCUT2D eigenvalue weighted by Crippen LogP contribution is 2.27. The molecule has 1 aliphatic rings. The van der Waals surface area contributed by atoms with Gasteiger partial charge in [0.2, 0.25) is 0 Å². The molecule has 1 aliphatic carbocycles. The lowest BCUT2D eigenvalue weighted by atomic mass is 10.1. The van der Waals surface area contributed by atoms with Gasteiger partial charge < -0.3 is 19.9 Å². The van der Waals surface area contributed by atoms with E-state index in [1.165, 1.54) is 0 Å². The lowest BCUT2D eigenvalue weighted by Gasteiger charge is -2.24. The molecular formula is C18H24N4O2. The highest BCUT2D eigenvalue weighted by Gasteiger charge is 2.32. The third-order valence-electron chi connectivity index (χ3n) is 4.43. The van der Waals surface area contributed by atoms with Gasteiger partial charge in [0, 0.05) is 30.7 Å². The number of rotatable bonds is 6. The number of amides is 2. The smallest absolute Gasteiger partial charge is 0.318 e. The Morgan fingerprint density at radius 1 is 1.42 bits per heavy atom. The van der Waals surface area contributed by atoms with Crippen molar-refractivity contribution in [3.05, 3.63) is 48.0 Å². The first kappa shape index (κ1) is 16.5. The summed E-state index contributed by atoms with van der Waals surface area (Å²) in [4.78, 5) is 18.4. The molecule has 6 nitrogen and oxygen atoms in total. The average Bonchev–Trinajstić information content (AvgIpc) is 3.33. The average molecular weight is 328 g/mol. The van der Waals surface area contributed by atoms with Crippen molar-refractivity contribution in [1.82, 2.24) is 19.8 Å². The molecule has 0 spiro atoms. The van der Waals surface area contributed by atoms with Crippen molar-refractivity contribution in [2.75, 3.05) is 13.2 Å². The fraction of sp³-hybridized carbons (Fsp3) is 0.444. The van der Waals surface area contributed by atoms with E-state index >= 15 is 0 Å². The summed E-state index contributed by atoms with van der Waals surface area (Å²) in [6.45, 7) is 4.32. The van der Waals surface area contributed by atoms with E-state index in [1.54, 1.807) is 11.1 Å². The number of aromatic nitrogens is 2. The van der Waals surface area contributed by atoms with Gasteiger partial charge in [-0.1, -0.05) is 12.1 Å². The molecule has 3 rings (SSSR count). The highest BCUT2D eigenvalue weighted by molar-refractivity contribution is 5.75. The molecule has 0 saturated heterocycles. The van der Waals surface area contributed by atoms with Crippen LogP contribution in [0.5, 0.6) is 0 Å². The lowest BCUT2D eigenvalue weighted by molar-refractivity contribution is 0.171. The molecule has 0 radical (unpaired) electrons. The van der Waals surface area contributed by atoms with Gasteiger partial charge in [-0.2, -0.15) is 0 Å². The zero-order valence-corrected chi connectivity index (χ0v) is 14.1. The van der Waals surface area contributed by atoms with Crippen molar-refractivity contribution in [3.63, 3.8) is 0 Å². The van der Waals surface area contributed by atoms with Crippen molar-refractivity contribution in [3.8, 4) is 5.69 Å². The van der Waals surface area contributed by atoms with E-state index in [0.717, 1.165) is 29.9 Å². The molecule has 2 N–H and O–H groups in total. The van der Waals surface area contributed by atoms with Gasteiger partial charge >= 0.3 is 6.03 Å².